The van der Waals surface area contributed by atoms with Crippen molar-refractivity contribution in [1.82, 2.24) is 15.0 Å². The first-order valence-corrected chi connectivity index (χ1v) is 14.1. The number of ether oxygens (including phenoxy) is 2. The average molecular weight is 547 g/mol. The van der Waals surface area contributed by atoms with E-state index in [0.717, 1.165) is 25.7 Å². The topological polar surface area (TPSA) is 109 Å². The molecule has 0 N–H and O–H groups in total. The third kappa shape index (κ3) is 5.60. The number of aryl methyl sites for hydroxylation is 1. The van der Waals surface area contributed by atoms with Gasteiger partial charge in [0.15, 0.2) is 0 Å². The lowest BCUT2D eigenvalue weighted by atomic mass is 9.50. The fourth-order valence-electron chi connectivity index (χ4n) is 6.90. The number of carbonyl (C=O) groups excluding carboxylic acids is 1. The number of rotatable bonds is 9. The van der Waals surface area contributed by atoms with Gasteiger partial charge >= 0.3 is 5.97 Å². The Labute approximate surface area is 235 Å². The van der Waals surface area contributed by atoms with Crippen LogP contribution in [-0.2, 0) is 34.5 Å². The highest BCUT2D eigenvalue weighted by Crippen LogP contribution is 2.57. The third-order valence-electron chi connectivity index (χ3n) is 9.04. The molecule has 0 spiro atoms. The van der Waals surface area contributed by atoms with Gasteiger partial charge < -0.3 is 9.47 Å². The predicted molar refractivity (Wildman–Crippen MR) is 150 cm³/mol. The Morgan fingerprint density at radius 2 is 1.95 bits per heavy atom. The van der Waals surface area contributed by atoms with Gasteiger partial charge in [-0.15, -0.1) is 5.10 Å². The Balaban J connectivity index is 1.17. The number of benzene rings is 2. The van der Waals surface area contributed by atoms with E-state index in [9.17, 15) is 14.9 Å². The van der Waals surface area contributed by atoms with Crippen molar-refractivity contribution in [2.75, 3.05) is 6.61 Å². The summed E-state index contributed by atoms with van der Waals surface area (Å²) < 4.78 is 13.0. The van der Waals surface area contributed by atoms with Gasteiger partial charge in [0, 0.05) is 17.5 Å². The van der Waals surface area contributed by atoms with E-state index in [2.05, 4.69) is 56.2 Å². The van der Waals surface area contributed by atoms with Crippen LogP contribution in [0.15, 0.2) is 48.7 Å². The molecule has 212 valence electrons. The van der Waals surface area contributed by atoms with Crippen LogP contribution in [0.5, 0.6) is 5.75 Å². The lowest BCUT2D eigenvalue weighted by molar-refractivity contribution is -0.384. The summed E-state index contributed by atoms with van der Waals surface area (Å²) in [5, 5.41) is 18.9. The Bertz CT molecular complexity index is 1380. The van der Waals surface area contributed by atoms with E-state index in [4.69, 9.17) is 9.47 Å². The van der Waals surface area contributed by atoms with Crippen molar-refractivity contribution in [3.8, 4) is 5.75 Å². The largest absolute Gasteiger partial charge is 0.487 e. The van der Waals surface area contributed by atoms with Crippen LogP contribution in [0.25, 0.3) is 0 Å². The number of aromatic nitrogens is 3. The van der Waals surface area contributed by atoms with Crippen LogP contribution in [0.1, 0.15) is 81.7 Å². The number of hydrogen-bond donors (Lipinski definition) is 0. The maximum Gasteiger partial charge on any atom is 0.327 e. The maximum absolute atomic E-state index is 12.8. The van der Waals surface area contributed by atoms with Gasteiger partial charge in [0.25, 0.3) is 5.69 Å². The first-order valence-electron chi connectivity index (χ1n) is 14.1. The number of carbonyl (C=O) groups is 1. The lowest BCUT2D eigenvalue weighted by Gasteiger charge is -2.55. The van der Waals surface area contributed by atoms with E-state index in [0.29, 0.717) is 29.9 Å². The molecular formula is C31H38N4O5. The maximum atomic E-state index is 12.8. The predicted octanol–water partition coefficient (Wildman–Crippen LogP) is 6.14. The van der Waals surface area contributed by atoms with Crippen LogP contribution in [0.4, 0.5) is 5.69 Å². The molecule has 1 heterocycles. The Morgan fingerprint density at radius 1 is 1.18 bits per heavy atom. The first-order chi connectivity index (χ1) is 19.1. The molecule has 0 radical (unpaired) electrons. The molecule has 9 heteroatoms. The zero-order chi connectivity index (χ0) is 28.5. The van der Waals surface area contributed by atoms with Crippen molar-refractivity contribution in [3.63, 3.8) is 0 Å². The molecule has 2 aromatic carbocycles. The van der Waals surface area contributed by atoms with E-state index < -0.39 is 4.92 Å². The second-order valence-corrected chi connectivity index (χ2v) is 12.2. The summed E-state index contributed by atoms with van der Waals surface area (Å²) in [5.74, 6) is 1.13. The van der Waals surface area contributed by atoms with Gasteiger partial charge in [0.2, 0.25) is 0 Å². The molecule has 2 aliphatic rings. The van der Waals surface area contributed by atoms with Gasteiger partial charge in [0.1, 0.15) is 24.6 Å². The van der Waals surface area contributed by atoms with E-state index in [-0.39, 0.29) is 35.6 Å². The molecule has 2 aliphatic carbocycles. The van der Waals surface area contributed by atoms with Crippen LogP contribution in [0.3, 0.4) is 0 Å². The summed E-state index contributed by atoms with van der Waals surface area (Å²) in [7, 11) is 0. The van der Waals surface area contributed by atoms with E-state index >= 15 is 0 Å². The molecule has 1 fully saturated rings. The Kier molecular flexibility index (Phi) is 7.66. The minimum Gasteiger partial charge on any atom is -0.487 e. The zero-order valence-corrected chi connectivity index (χ0v) is 23.8. The second-order valence-electron chi connectivity index (χ2n) is 12.2. The molecule has 0 bridgehead atoms. The second kappa shape index (κ2) is 11.0. The number of fused-ring (bicyclic) bond motifs is 3. The minimum absolute atomic E-state index is 0.00273. The average Bonchev–Trinajstić information content (AvgIpc) is 3.37. The molecule has 5 rings (SSSR count). The summed E-state index contributed by atoms with van der Waals surface area (Å²) in [6.07, 6.45) is 7.17. The van der Waals surface area contributed by atoms with Crippen molar-refractivity contribution >= 4 is 11.7 Å². The van der Waals surface area contributed by atoms with Gasteiger partial charge in [-0.05, 0) is 71.8 Å². The highest BCUT2D eigenvalue weighted by molar-refractivity contribution is 5.69. The molecule has 9 nitrogen and oxygen atoms in total. The summed E-state index contributed by atoms with van der Waals surface area (Å²) in [5.41, 5.74) is 4.93. The SMILES string of the molecule is CC(C)c1ccc2c(c1)CC[C@H]1[C@](C)(COC(=O)Cn3cc(COc4ccc([N+](=O)[O-])cc4)nn3)CCC[C@]21C. The molecule has 40 heavy (non-hydrogen) atoms. The van der Waals surface area contributed by atoms with Gasteiger partial charge in [-0.2, -0.15) is 0 Å². The summed E-state index contributed by atoms with van der Waals surface area (Å²) in [6, 6.07) is 12.9. The lowest BCUT2D eigenvalue weighted by Crippen LogP contribution is -2.51. The molecule has 1 saturated carbocycles. The fourth-order valence-corrected chi connectivity index (χ4v) is 6.90. The molecule has 1 aromatic heterocycles. The highest BCUT2D eigenvalue weighted by atomic mass is 16.6. The first kappa shape index (κ1) is 27.8. The number of nitro groups is 1. The van der Waals surface area contributed by atoms with Crippen molar-refractivity contribution in [3.05, 3.63) is 81.2 Å². The van der Waals surface area contributed by atoms with Crippen LogP contribution < -0.4 is 4.74 Å². The number of nitro benzene ring substituents is 1. The number of nitrogens with zero attached hydrogens (tertiary/aromatic N) is 4. The van der Waals surface area contributed by atoms with Crippen LogP contribution >= 0.6 is 0 Å². The summed E-state index contributed by atoms with van der Waals surface area (Å²) in [4.78, 5) is 23.1. The van der Waals surface area contributed by atoms with E-state index in [1.807, 2.05) is 0 Å². The fraction of sp³-hybridized carbons (Fsp3) is 0.516. The van der Waals surface area contributed by atoms with Crippen molar-refractivity contribution in [1.29, 1.82) is 0 Å². The van der Waals surface area contributed by atoms with Crippen molar-refractivity contribution in [2.24, 2.45) is 11.3 Å². The normalized spacial score (nSPS) is 23.8. The minimum atomic E-state index is -0.460. The quantitative estimate of drug-likeness (QED) is 0.180. The third-order valence-corrected chi connectivity index (χ3v) is 9.04. The summed E-state index contributed by atoms with van der Waals surface area (Å²) >= 11 is 0. The van der Waals surface area contributed by atoms with Gasteiger partial charge in [-0.3, -0.25) is 14.9 Å². The molecule has 3 atom stereocenters. The van der Waals surface area contributed by atoms with Crippen LogP contribution in [0, 0.1) is 21.4 Å². The number of hydrogen-bond acceptors (Lipinski definition) is 7. The van der Waals surface area contributed by atoms with Crippen LogP contribution in [-0.4, -0.2) is 32.5 Å². The Hall–Kier alpha value is -3.75. The highest BCUT2D eigenvalue weighted by Gasteiger charge is 2.52. The molecule has 0 saturated heterocycles. The molecular weight excluding hydrogens is 508 g/mol. The molecule has 0 aliphatic heterocycles. The van der Waals surface area contributed by atoms with Gasteiger partial charge in [-0.25, -0.2) is 4.68 Å². The van der Waals surface area contributed by atoms with E-state index in [1.165, 1.54) is 52.1 Å². The van der Waals surface area contributed by atoms with Crippen LogP contribution in [0.2, 0.25) is 0 Å². The number of esters is 1. The van der Waals surface area contributed by atoms with E-state index in [1.54, 1.807) is 6.20 Å². The standard InChI is InChI=1S/C31H38N4O5/c1-21(2)22-6-12-27-23(16-22)7-13-28-30(3,14-5-15-31(27,28)4)20-40-29(36)18-34-17-24(32-33-34)19-39-26-10-8-25(9-11-26)35(37)38/h6,8-12,16-17,21,28H,5,7,13-15,18-20H2,1-4H3/t28-,30-,31+/m0/s1. The summed E-state index contributed by atoms with van der Waals surface area (Å²) in [6.45, 7) is 9.71. The zero-order valence-electron chi connectivity index (χ0n) is 23.8. The Morgan fingerprint density at radius 3 is 2.67 bits per heavy atom. The molecule has 0 unspecified atom stereocenters. The van der Waals surface area contributed by atoms with Gasteiger partial charge in [0.05, 0.1) is 17.7 Å². The van der Waals surface area contributed by atoms with Crippen molar-refractivity contribution < 1.29 is 19.2 Å². The molecule has 0 amide bonds. The number of non-ortho nitro benzene ring substituents is 1. The smallest absolute Gasteiger partial charge is 0.327 e. The monoisotopic (exact) mass is 546 g/mol. The van der Waals surface area contributed by atoms with Gasteiger partial charge in [-0.1, -0.05) is 57.5 Å². The van der Waals surface area contributed by atoms with Crippen molar-refractivity contribution in [2.45, 2.75) is 84.3 Å². The molecule has 3 aromatic rings.